The second-order valence-corrected chi connectivity index (χ2v) is 5.01. The van der Waals surface area contributed by atoms with Crippen LogP contribution in [0.1, 0.15) is 12.6 Å². The first-order chi connectivity index (χ1) is 9.15. The molecule has 0 aliphatic heterocycles. The van der Waals surface area contributed by atoms with E-state index >= 15 is 0 Å². The van der Waals surface area contributed by atoms with Crippen molar-refractivity contribution in [2.75, 3.05) is 20.6 Å². The SMILES string of the molecule is CC(CN(C)C)NCc1cnn(-c2ccccc2)n1. The summed E-state index contributed by atoms with van der Waals surface area (Å²) in [4.78, 5) is 3.83. The summed E-state index contributed by atoms with van der Waals surface area (Å²) in [7, 11) is 4.15. The Bertz CT molecular complexity index is 492. The lowest BCUT2D eigenvalue weighted by atomic mass is 10.3. The van der Waals surface area contributed by atoms with Gasteiger partial charge in [-0.1, -0.05) is 18.2 Å². The fourth-order valence-electron chi connectivity index (χ4n) is 1.95. The minimum atomic E-state index is 0.428. The van der Waals surface area contributed by atoms with Crippen molar-refractivity contribution < 1.29 is 0 Å². The lowest BCUT2D eigenvalue weighted by molar-refractivity contribution is 0.348. The molecule has 1 aromatic carbocycles. The summed E-state index contributed by atoms with van der Waals surface area (Å²) >= 11 is 0. The molecule has 2 aromatic rings. The average molecular weight is 259 g/mol. The summed E-state index contributed by atoms with van der Waals surface area (Å²) in [6.45, 7) is 3.91. The van der Waals surface area contributed by atoms with E-state index in [2.05, 4.69) is 41.4 Å². The summed E-state index contributed by atoms with van der Waals surface area (Å²) in [5, 5.41) is 12.2. The molecule has 0 amide bonds. The Balaban J connectivity index is 1.91. The van der Waals surface area contributed by atoms with Crippen LogP contribution < -0.4 is 5.32 Å². The van der Waals surface area contributed by atoms with Crippen LogP contribution in [0.3, 0.4) is 0 Å². The number of para-hydroxylation sites is 1. The van der Waals surface area contributed by atoms with Crippen LogP contribution in [-0.2, 0) is 6.54 Å². The van der Waals surface area contributed by atoms with Crippen molar-refractivity contribution in [1.82, 2.24) is 25.2 Å². The van der Waals surface area contributed by atoms with Crippen molar-refractivity contribution >= 4 is 0 Å². The van der Waals surface area contributed by atoms with Gasteiger partial charge in [0, 0.05) is 19.1 Å². The van der Waals surface area contributed by atoms with Crippen LogP contribution in [0, 0.1) is 0 Å². The molecule has 1 heterocycles. The molecule has 0 fully saturated rings. The molecule has 1 unspecified atom stereocenters. The molecule has 0 saturated heterocycles. The lowest BCUT2D eigenvalue weighted by Gasteiger charge is -2.17. The van der Waals surface area contributed by atoms with Crippen molar-refractivity contribution in [2.45, 2.75) is 19.5 Å². The highest BCUT2D eigenvalue weighted by atomic mass is 15.5. The zero-order valence-electron chi connectivity index (χ0n) is 11.7. The highest BCUT2D eigenvalue weighted by molar-refractivity contribution is 5.28. The maximum Gasteiger partial charge on any atom is 0.0969 e. The quantitative estimate of drug-likeness (QED) is 0.849. The Labute approximate surface area is 114 Å². The molecule has 1 aromatic heterocycles. The Hall–Kier alpha value is -1.72. The standard InChI is InChI=1S/C14H21N5/c1-12(11-18(2)3)15-9-13-10-16-19(17-13)14-7-5-4-6-8-14/h4-8,10,12,15H,9,11H2,1-3H3. The first-order valence-corrected chi connectivity index (χ1v) is 6.50. The molecule has 1 atom stereocenters. The van der Waals surface area contributed by atoms with Gasteiger partial charge in [0.2, 0.25) is 0 Å². The molecule has 102 valence electrons. The van der Waals surface area contributed by atoms with E-state index in [1.807, 2.05) is 36.5 Å². The van der Waals surface area contributed by atoms with Gasteiger partial charge in [0.15, 0.2) is 0 Å². The molecule has 0 radical (unpaired) electrons. The van der Waals surface area contributed by atoms with Crippen LogP contribution in [0.2, 0.25) is 0 Å². The van der Waals surface area contributed by atoms with E-state index in [1.165, 1.54) is 0 Å². The Morgan fingerprint density at radius 1 is 1.26 bits per heavy atom. The Morgan fingerprint density at radius 3 is 2.68 bits per heavy atom. The number of benzene rings is 1. The monoisotopic (exact) mass is 259 g/mol. The van der Waals surface area contributed by atoms with E-state index < -0.39 is 0 Å². The van der Waals surface area contributed by atoms with Gasteiger partial charge in [-0.25, -0.2) is 0 Å². The molecule has 1 N–H and O–H groups in total. The van der Waals surface area contributed by atoms with Crippen LogP contribution in [0.5, 0.6) is 0 Å². The largest absolute Gasteiger partial charge is 0.308 e. The molecule has 0 spiro atoms. The van der Waals surface area contributed by atoms with Crippen molar-refractivity contribution in [3.8, 4) is 5.69 Å². The number of likely N-dealkylation sites (N-methyl/N-ethyl adjacent to an activating group) is 1. The number of nitrogens with one attached hydrogen (secondary N) is 1. The van der Waals surface area contributed by atoms with E-state index in [0.29, 0.717) is 6.04 Å². The van der Waals surface area contributed by atoms with Crippen LogP contribution in [0.4, 0.5) is 0 Å². The molecule has 5 nitrogen and oxygen atoms in total. The lowest BCUT2D eigenvalue weighted by Crippen LogP contribution is -2.35. The second-order valence-electron chi connectivity index (χ2n) is 5.01. The average Bonchev–Trinajstić information content (AvgIpc) is 2.85. The first kappa shape index (κ1) is 13.7. The van der Waals surface area contributed by atoms with Crippen LogP contribution in [0.15, 0.2) is 36.5 Å². The number of nitrogens with zero attached hydrogens (tertiary/aromatic N) is 4. The molecular formula is C14H21N5. The first-order valence-electron chi connectivity index (χ1n) is 6.50. The predicted octanol–water partition coefficient (Wildman–Crippen LogP) is 1.31. The Kier molecular flexibility index (Phi) is 4.65. The van der Waals surface area contributed by atoms with Gasteiger partial charge in [-0.15, -0.1) is 0 Å². The summed E-state index contributed by atoms with van der Waals surface area (Å²) in [6, 6.07) is 10.4. The van der Waals surface area contributed by atoms with E-state index in [1.54, 1.807) is 4.80 Å². The minimum absolute atomic E-state index is 0.428. The van der Waals surface area contributed by atoms with Gasteiger partial charge < -0.3 is 10.2 Å². The summed E-state index contributed by atoms with van der Waals surface area (Å²) in [5.74, 6) is 0. The zero-order valence-corrected chi connectivity index (χ0v) is 11.7. The van der Waals surface area contributed by atoms with Gasteiger partial charge in [-0.3, -0.25) is 0 Å². The number of rotatable bonds is 6. The molecule has 0 aliphatic rings. The molecule has 2 rings (SSSR count). The normalized spacial score (nSPS) is 12.8. The van der Waals surface area contributed by atoms with E-state index in [4.69, 9.17) is 0 Å². The highest BCUT2D eigenvalue weighted by Crippen LogP contribution is 2.04. The van der Waals surface area contributed by atoms with Crippen LogP contribution in [-0.4, -0.2) is 46.6 Å². The zero-order chi connectivity index (χ0) is 13.7. The number of aromatic nitrogens is 3. The van der Waals surface area contributed by atoms with Gasteiger partial charge in [0.1, 0.15) is 0 Å². The molecule has 19 heavy (non-hydrogen) atoms. The van der Waals surface area contributed by atoms with Gasteiger partial charge in [0.05, 0.1) is 17.6 Å². The summed E-state index contributed by atoms with van der Waals surface area (Å²) in [5.41, 5.74) is 1.93. The van der Waals surface area contributed by atoms with E-state index in [-0.39, 0.29) is 0 Å². The van der Waals surface area contributed by atoms with Crippen LogP contribution >= 0.6 is 0 Å². The fraction of sp³-hybridized carbons (Fsp3) is 0.429. The molecule has 0 bridgehead atoms. The smallest absolute Gasteiger partial charge is 0.0969 e. The molecular weight excluding hydrogens is 238 g/mol. The maximum atomic E-state index is 4.46. The maximum absolute atomic E-state index is 4.46. The van der Waals surface area contributed by atoms with Crippen molar-refractivity contribution in [1.29, 1.82) is 0 Å². The summed E-state index contributed by atoms with van der Waals surface area (Å²) < 4.78 is 0. The van der Waals surface area contributed by atoms with Crippen LogP contribution in [0.25, 0.3) is 5.69 Å². The molecule has 5 heteroatoms. The number of hydrogen-bond donors (Lipinski definition) is 1. The van der Waals surface area contributed by atoms with Gasteiger partial charge >= 0.3 is 0 Å². The third-order valence-electron chi connectivity index (χ3n) is 2.80. The molecule has 0 aliphatic carbocycles. The van der Waals surface area contributed by atoms with Crippen molar-refractivity contribution in [3.05, 3.63) is 42.2 Å². The van der Waals surface area contributed by atoms with Gasteiger partial charge in [-0.05, 0) is 33.2 Å². The van der Waals surface area contributed by atoms with Gasteiger partial charge in [0.25, 0.3) is 0 Å². The topological polar surface area (TPSA) is 46.0 Å². The van der Waals surface area contributed by atoms with Crippen molar-refractivity contribution in [3.63, 3.8) is 0 Å². The van der Waals surface area contributed by atoms with E-state index in [0.717, 1.165) is 24.5 Å². The highest BCUT2D eigenvalue weighted by Gasteiger charge is 2.06. The predicted molar refractivity (Wildman–Crippen MR) is 76.2 cm³/mol. The second kappa shape index (κ2) is 6.45. The summed E-state index contributed by atoms with van der Waals surface area (Å²) in [6.07, 6.45) is 1.81. The number of hydrogen-bond acceptors (Lipinski definition) is 4. The Morgan fingerprint density at radius 2 is 2.00 bits per heavy atom. The fourth-order valence-corrected chi connectivity index (χ4v) is 1.95. The van der Waals surface area contributed by atoms with Crippen molar-refractivity contribution in [2.24, 2.45) is 0 Å². The third kappa shape index (κ3) is 4.15. The van der Waals surface area contributed by atoms with E-state index in [9.17, 15) is 0 Å². The molecule has 0 saturated carbocycles. The van der Waals surface area contributed by atoms with Gasteiger partial charge in [-0.2, -0.15) is 15.0 Å². The minimum Gasteiger partial charge on any atom is -0.308 e. The third-order valence-corrected chi connectivity index (χ3v) is 2.80.